The van der Waals surface area contributed by atoms with E-state index >= 15 is 0 Å². The third-order valence-electron chi connectivity index (χ3n) is 4.43. The fourth-order valence-corrected chi connectivity index (χ4v) is 2.88. The lowest BCUT2D eigenvalue weighted by Crippen LogP contribution is -2.50. The molecule has 3 aromatic rings. The Hall–Kier alpha value is -3.12. The Morgan fingerprint density at radius 2 is 1.82 bits per heavy atom. The lowest BCUT2D eigenvalue weighted by Gasteiger charge is -2.04. The van der Waals surface area contributed by atoms with Gasteiger partial charge in [0.2, 0.25) is 5.82 Å². The first-order valence-corrected chi connectivity index (χ1v) is 9.36. The smallest absolute Gasteiger partial charge is 0.254 e. The summed E-state index contributed by atoms with van der Waals surface area (Å²) in [6, 6.07) is 15.5. The molecule has 6 heteroatoms. The van der Waals surface area contributed by atoms with Gasteiger partial charge >= 0.3 is 0 Å². The molecule has 3 N–H and O–H groups in total. The van der Waals surface area contributed by atoms with Gasteiger partial charge in [0.15, 0.2) is 0 Å². The summed E-state index contributed by atoms with van der Waals surface area (Å²) < 4.78 is 16.1. The molecule has 0 saturated heterocycles. The van der Waals surface area contributed by atoms with Crippen molar-refractivity contribution >= 4 is 11.6 Å². The molecule has 0 radical (unpaired) electrons. The molecule has 28 heavy (non-hydrogen) atoms. The summed E-state index contributed by atoms with van der Waals surface area (Å²) in [5, 5.41) is 4.16. The number of aromatic nitrogens is 2. The van der Waals surface area contributed by atoms with E-state index in [9.17, 15) is 0 Å². The van der Waals surface area contributed by atoms with Gasteiger partial charge in [0.1, 0.15) is 11.5 Å². The molecule has 6 nitrogen and oxygen atoms in total. The fraction of sp³-hybridized carbons (Fsp3) is 0.273. The lowest BCUT2D eigenvalue weighted by molar-refractivity contribution is -0.368. The average Bonchev–Trinajstić information content (AvgIpc) is 3.23. The van der Waals surface area contributed by atoms with Gasteiger partial charge in [-0.15, -0.1) is 0 Å². The van der Waals surface area contributed by atoms with Crippen LogP contribution in [-0.2, 0) is 0 Å². The van der Waals surface area contributed by atoms with Crippen LogP contribution in [0.3, 0.4) is 0 Å². The summed E-state index contributed by atoms with van der Waals surface area (Å²) in [6.45, 7) is 0.910. The molecule has 146 valence electrons. The van der Waals surface area contributed by atoms with Crippen molar-refractivity contribution in [2.75, 3.05) is 20.8 Å². The number of ether oxygens (including phenoxy) is 2. The Morgan fingerprint density at radius 3 is 2.54 bits per heavy atom. The van der Waals surface area contributed by atoms with Crippen LogP contribution in [0.1, 0.15) is 30.7 Å². The molecule has 0 saturated carbocycles. The van der Waals surface area contributed by atoms with Crippen LogP contribution in [0.4, 0.5) is 0 Å². The minimum atomic E-state index is 0.540. The van der Waals surface area contributed by atoms with Crippen LogP contribution in [0.15, 0.2) is 53.1 Å². The summed E-state index contributed by atoms with van der Waals surface area (Å²) in [6.07, 6.45) is 4.99. The van der Waals surface area contributed by atoms with Crippen molar-refractivity contribution < 1.29 is 19.7 Å². The maximum absolute atomic E-state index is 5.59. The Morgan fingerprint density at radius 1 is 1.04 bits per heavy atom. The summed E-state index contributed by atoms with van der Waals surface area (Å²) in [5.41, 5.74) is 6.85. The second-order valence-corrected chi connectivity index (χ2v) is 6.41. The van der Waals surface area contributed by atoms with E-state index in [-0.39, 0.29) is 0 Å². The molecular weight excluding hydrogens is 354 g/mol. The van der Waals surface area contributed by atoms with Crippen LogP contribution in [0.5, 0.6) is 11.5 Å². The van der Waals surface area contributed by atoms with E-state index in [0.29, 0.717) is 11.7 Å². The number of hydrogen-bond donors (Lipinski definition) is 1. The Balaban J connectivity index is 1.89. The van der Waals surface area contributed by atoms with Crippen molar-refractivity contribution in [1.29, 1.82) is 0 Å². The number of allylic oxidation sites excluding steroid dienone is 1. The first-order valence-electron chi connectivity index (χ1n) is 9.36. The maximum Gasteiger partial charge on any atom is 0.254 e. The second kappa shape index (κ2) is 9.71. The molecule has 0 unspecified atom stereocenters. The molecule has 0 spiro atoms. The Bertz CT molecular complexity index is 917. The van der Waals surface area contributed by atoms with Crippen molar-refractivity contribution in [3.05, 3.63) is 60.0 Å². The molecule has 2 aromatic carbocycles. The molecule has 0 amide bonds. The van der Waals surface area contributed by atoms with Crippen molar-refractivity contribution in [2.24, 2.45) is 0 Å². The molecule has 0 bridgehead atoms. The number of rotatable bonds is 9. The number of unbranched alkanes of at least 4 members (excludes halogenated alkanes) is 1. The van der Waals surface area contributed by atoms with Gasteiger partial charge in [0.25, 0.3) is 5.89 Å². The lowest BCUT2D eigenvalue weighted by atomic mass is 10.0. The number of nitrogens with zero attached hydrogens (tertiary/aromatic N) is 2. The number of benzene rings is 2. The van der Waals surface area contributed by atoms with E-state index in [1.807, 2.05) is 48.5 Å². The monoisotopic (exact) mass is 380 g/mol. The van der Waals surface area contributed by atoms with E-state index < -0.39 is 0 Å². The summed E-state index contributed by atoms with van der Waals surface area (Å²) in [5.74, 6) is 2.71. The third kappa shape index (κ3) is 4.98. The van der Waals surface area contributed by atoms with Gasteiger partial charge in [-0.05, 0) is 67.3 Å². The highest BCUT2D eigenvalue weighted by atomic mass is 16.5. The molecule has 1 aromatic heterocycles. The molecule has 1 heterocycles. The fourth-order valence-electron chi connectivity index (χ4n) is 2.88. The second-order valence-electron chi connectivity index (χ2n) is 6.41. The van der Waals surface area contributed by atoms with Gasteiger partial charge in [-0.3, -0.25) is 0 Å². The van der Waals surface area contributed by atoms with E-state index in [4.69, 9.17) is 14.0 Å². The van der Waals surface area contributed by atoms with Crippen molar-refractivity contribution in [3.8, 4) is 22.9 Å². The zero-order chi connectivity index (χ0) is 19.8. The molecule has 0 aliphatic rings. The van der Waals surface area contributed by atoms with Crippen molar-refractivity contribution in [3.63, 3.8) is 0 Å². The van der Waals surface area contributed by atoms with Gasteiger partial charge in [-0.25, -0.2) is 0 Å². The predicted octanol–water partition coefficient (Wildman–Crippen LogP) is 3.71. The molecule has 0 atom stereocenters. The highest BCUT2D eigenvalue weighted by Crippen LogP contribution is 2.27. The molecule has 3 rings (SSSR count). The molecule has 0 fully saturated rings. The normalized spacial score (nSPS) is 11.5. The number of hydrogen-bond acceptors (Lipinski definition) is 5. The SMILES string of the molecule is COc1ccc(-c2noc(/C(=C/c3cccc(OC)c3)CCCC[NH3+])n2)cc1. The van der Waals surface area contributed by atoms with Crippen LogP contribution >= 0.6 is 0 Å². The van der Waals surface area contributed by atoms with Crippen LogP contribution in [0.25, 0.3) is 23.0 Å². The van der Waals surface area contributed by atoms with E-state index in [0.717, 1.165) is 54.0 Å². The largest absolute Gasteiger partial charge is 0.497 e. The summed E-state index contributed by atoms with van der Waals surface area (Å²) in [4.78, 5) is 4.62. The maximum atomic E-state index is 5.59. The quantitative estimate of drug-likeness (QED) is 0.572. The Labute approximate surface area is 165 Å². The van der Waals surface area contributed by atoms with Crippen LogP contribution in [0.2, 0.25) is 0 Å². The zero-order valence-corrected chi connectivity index (χ0v) is 16.4. The topological polar surface area (TPSA) is 85.0 Å². The van der Waals surface area contributed by atoms with E-state index in [1.165, 1.54) is 0 Å². The highest BCUT2D eigenvalue weighted by Gasteiger charge is 2.13. The van der Waals surface area contributed by atoms with Crippen molar-refractivity contribution in [2.45, 2.75) is 19.3 Å². The number of quaternary nitrogens is 1. The van der Waals surface area contributed by atoms with Gasteiger partial charge in [-0.1, -0.05) is 17.3 Å². The number of methoxy groups -OCH3 is 2. The summed E-state index contributed by atoms with van der Waals surface area (Å²) >= 11 is 0. The molecular formula is C22H26N3O3+. The van der Waals surface area contributed by atoms with Crippen LogP contribution in [0, 0.1) is 0 Å². The zero-order valence-electron chi connectivity index (χ0n) is 16.4. The minimum absolute atomic E-state index is 0.540. The molecule has 0 aliphatic heterocycles. The van der Waals surface area contributed by atoms with Crippen LogP contribution in [-0.4, -0.2) is 30.9 Å². The Kier molecular flexibility index (Phi) is 6.81. The van der Waals surface area contributed by atoms with Gasteiger partial charge in [0, 0.05) is 11.1 Å². The van der Waals surface area contributed by atoms with Crippen LogP contribution < -0.4 is 15.2 Å². The first-order chi connectivity index (χ1) is 13.7. The standard InChI is InChI=1S/C22H25N3O3/c1-26-19-11-9-17(10-12-19)21-24-22(28-25-21)18(7-3-4-13-23)14-16-6-5-8-20(15-16)27-2/h5-6,8-12,14-15H,3-4,7,13,23H2,1-2H3/p+1/b18-14+. The average molecular weight is 380 g/mol. The van der Waals surface area contributed by atoms with E-state index in [1.54, 1.807) is 14.2 Å². The molecule has 0 aliphatic carbocycles. The van der Waals surface area contributed by atoms with E-state index in [2.05, 4.69) is 22.0 Å². The summed E-state index contributed by atoms with van der Waals surface area (Å²) in [7, 11) is 3.31. The van der Waals surface area contributed by atoms with Gasteiger partial charge in [0.05, 0.1) is 20.8 Å². The van der Waals surface area contributed by atoms with Gasteiger partial charge in [-0.2, -0.15) is 4.98 Å². The highest BCUT2D eigenvalue weighted by molar-refractivity contribution is 5.78. The van der Waals surface area contributed by atoms with Gasteiger partial charge < -0.3 is 19.7 Å². The first kappa shape index (κ1) is 19.6. The minimum Gasteiger partial charge on any atom is -0.497 e. The predicted molar refractivity (Wildman–Crippen MR) is 109 cm³/mol. The third-order valence-corrected chi connectivity index (χ3v) is 4.43. The van der Waals surface area contributed by atoms with Crippen molar-refractivity contribution in [1.82, 2.24) is 10.1 Å².